The van der Waals surface area contributed by atoms with Crippen molar-refractivity contribution in [3.63, 3.8) is 0 Å². The zero-order valence-corrected chi connectivity index (χ0v) is 20.4. The maximum absolute atomic E-state index is 13.5. The highest BCUT2D eigenvalue weighted by Gasteiger charge is 2.27. The van der Waals surface area contributed by atoms with E-state index in [4.69, 9.17) is 16.3 Å². The maximum Gasteiger partial charge on any atom is 0.264 e. The van der Waals surface area contributed by atoms with Gasteiger partial charge in [0.05, 0.1) is 29.7 Å². The number of rotatable bonds is 9. The lowest BCUT2D eigenvalue weighted by Gasteiger charge is -2.24. The van der Waals surface area contributed by atoms with Gasteiger partial charge in [-0.15, -0.1) is 0 Å². The van der Waals surface area contributed by atoms with Crippen molar-refractivity contribution >= 4 is 33.2 Å². The van der Waals surface area contributed by atoms with Crippen LogP contribution in [-0.2, 0) is 21.4 Å². The fourth-order valence-corrected chi connectivity index (χ4v) is 5.04. The van der Waals surface area contributed by atoms with Crippen LogP contribution in [0.5, 0.6) is 5.75 Å². The van der Waals surface area contributed by atoms with Crippen molar-refractivity contribution in [3.8, 4) is 11.4 Å². The predicted octanol–water partition coefficient (Wildman–Crippen LogP) is 4.05. The number of imidazole rings is 1. The Hall–Kier alpha value is -3.82. The van der Waals surface area contributed by atoms with Crippen molar-refractivity contribution in [1.29, 1.82) is 0 Å². The van der Waals surface area contributed by atoms with E-state index >= 15 is 0 Å². The second-order valence-corrected chi connectivity index (χ2v) is 9.84. The lowest BCUT2D eigenvalue weighted by molar-refractivity contribution is -0.119. The molecule has 10 heteroatoms. The highest BCUT2D eigenvalue weighted by molar-refractivity contribution is 7.92. The van der Waals surface area contributed by atoms with Gasteiger partial charge in [-0.2, -0.15) is 0 Å². The van der Waals surface area contributed by atoms with Gasteiger partial charge in [-0.1, -0.05) is 29.8 Å². The standard InChI is InChI=1S/C25H23ClN4O4S/c1-34-22-10-12-23(13-11-22)35(32,33)30(21-8-6-20(26)7-9-21)17-25(31)28-16-19-4-2-3-5-24(19)29-15-14-27-18-29/h2-15,18H,16-17H2,1H3,(H,28,31). The molecule has 1 amide bonds. The fraction of sp³-hybridized carbons (Fsp3) is 0.120. The molecule has 0 aliphatic rings. The van der Waals surface area contributed by atoms with Crippen LogP contribution in [0.15, 0.2) is 96.4 Å². The number of methoxy groups -OCH3 is 1. The monoisotopic (exact) mass is 510 g/mol. The number of para-hydroxylation sites is 1. The topological polar surface area (TPSA) is 93.5 Å². The van der Waals surface area contributed by atoms with Gasteiger partial charge in [-0.05, 0) is 60.2 Å². The molecule has 1 aromatic heterocycles. The van der Waals surface area contributed by atoms with Gasteiger partial charge in [-0.25, -0.2) is 13.4 Å². The molecule has 180 valence electrons. The van der Waals surface area contributed by atoms with Crippen molar-refractivity contribution in [3.05, 3.63) is 102 Å². The molecule has 0 radical (unpaired) electrons. The van der Waals surface area contributed by atoms with Gasteiger partial charge in [0, 0.05) is 24.0 Å². The van der Waals surface area contributed by atoms with Crippen LogP contribution in [0.1, 0.15) is 5.56 Å². The molecule has 0 aliphatic heterocycles. The van der Waals surface area contributed by atoms with Crippen molar-refractivity contribution in [2.75, 3.05) is 18.0 Å². The average Bonchev–Trinajstić information content (AvgIpc) is 3.42. The van der Waals surface area contributed by atoms with Gasteiger partial charge >= 0.3 is 0 Å². The number of sulfonamides is 1. The third-order valence-electron chi connectivity index (χ3n) is 5.30. The van der Waals surface area contributed by atoms with Crippen molar-refractivity contribution in [2.24, 2.45) is 0 Å². The average molecular weight is 511 g/mol. The number of aromatic nitrogens is 2. The molecular formula is C25H23ClN4O4S. The van der Waals surface area contributed by atoms with E-state index in [0.717, 1.165) is 15.6 Å². The fourth-order valence-electron chi connectivity index (χ4n) is 3.49. The number of hydrogen-bond donors (Lipinski definition) is 1. The Labute approximate surface area is 208 Å². The lowest BCUT2D eigenvalue weighted by Crippen LogP contribution is -2.40. The summed E-state index contributed by atoms with van der Waals surface area (Å²) < 4.78 is 35.0. The molecule has 4 aromatic rings. The summed E-state index contributed by atoms with van der Waals surface area (Å²) in [4.78, 5) is 17.1. The minimum Gasteiger partial charge on any atom is -0.497 e. The highest BCUT2D eigenvalue weighted by atomic mass is 35.5. The zero-order chi connectivity index (χ0) is 24.8. The van der Waals surface area contributed by atoms with Crippen LogP contribution in [0.3, 0.4) is 0 Å². The molecule has 35 heavy (non-hydrogen) atoms. The Morgan fingerprint density at radius 3 is 2.43 bits per heavy atom. The third kappa shape index (κ3) is 5.64. The quantitative estimate of drug-likeness (QED) is 0.367. The summed E-state index contributed by atoms with van der Waals surface area (Å²) in [5.74, 6) is 0.0637. The highest BCUT2D eigenvalue weighted by Crippen LogP contribution is 2.26. The largest absolute Gasteiger partial charge is 0.497 e. The minimum absolute atomic E-state index is 0.0338. The number of anilines is 1. The van der Waals surface area contributed by atoms with Gasteiger partial charge in [0.25, 0.3) is 10.0 Å². The lowest BCUT2D eigenvalue weighted by atomic mass is 10.1. The van der Waals surface area contributed by atoms with E-state index in [-0.39, 0.29) is 11.4 Å². The van der Waals surface area contributed by atoms with Gasteiger partial charge in [0.15, 0.2) is 0 Å². The first-order valence-electron chi connectivity index (χ1n) is 10.6. The predicted molar refractivity (Wildman–Crippen MR) is 134 cm³/mol. The summed E-state index contributed by atoms with van der Waals surface area (Å²) in [5.41, 5.74) is 2.04. The van der Waals surface area contributed by atoms with E-state index in [1.807, 2.05) is 35.0 Å². The number of carbonyl (C=O) groups is 1. The molecule has 0 atom stereocenters. The van der Waals surface area contributed by atoms with Crippen molar-refractivity contribution < 1.29 is 17.9 Å². The van der Waals surface area contributed by atoms with Crippen LogP contribution in [0.25, 0.3) is 5.69 Å². The van der Waals surface area contributed by atoms with Crippen LogP contribution in [0.4, 0.5) is 5.69 Å². The van der Waals surface area contributed by atoms with Gasteiger partial charge < -0.3 is 14.6 Å². The molecule has 8 nitrogen and oxygen atoms in total. The molecule has 0 saturated carbocycles. The summed E-state index contributed by atoms with van der Waals surface area (Å²) in [6.07, 6.45) is 5.15. The number of nitrogens with zero attached hydrogens (tertiary/aromatic N) is 3. The van der Waals surface area contributed by atoms with Crippen LogP contribution >= 0.6 is 11.6 Å². The first-order chi connectivity index (χ1) is 16.9. The second kappa shape index (κ2) is 10.6. The van der Waals surface area contributed by atoms with Crippen LogP contribution in [-0.4, -0.2) is 37.5 Å². The summed E-state index contributed by atoms with van der Waals surface area (Å²) in [5, 5.41) is 3.28. The molecule has 0 spiro atoms. The van der Waals surface area contributed by atoms with E-state index in [2.05, 4.69) is 10.3 Å². The van der Waals surface area contributed by atoms with Gasteiger partial charge in [0.2, 0.25) is 5.91 Å². The zero-order valence-electron chi connectivity index (χ0n) is 18.8. The smallest absolute Gasteiger partial charge is 0.264 e. The van der Waals surface area contributed by atoms with Gasteiger partial charge in [0.1, 0.15) is 12.3 Å². The Balaban J connectivity index is 1.57. The number of halogens is 1. The SMILES string of the molecule is COc1ccc(S(=O)(=O)N(CC(=O)NCc2ccccc2-n2ccnc2)c2ccc(Cl)cc2)cc1. The Morgan fingerprint density at radius 1 is 1.06 bits per heavy atom. The minimum atomic E-state index is -4.05. The Kier molecular flexibility index (Phi) is 7.38. The number of benzene rings is 3. The molecule has 0 saturated heterocycles. The molecule has 3 aromatic carbocycles. The number of hydrogen-bond acceptors (Lipinski definition) is 5. The molecule has 1 heterocycles. The number of nitrogens with one attached hydrogen (secondary N) is 1. The third-order valence-corrected chi connectivity index (χ3v) is 7.34. The molecule has 4 rings (SSSR count). The summed E-state index contributed by atoms with van der Waals surface area (Å²) in [7, 11) is -2.55. The number of amides is 1. The van der Waals surface area contributed by atoms with Crippen LogP contribution in [0.2, 0.25) is 5.02 Å². The van der Waals surface area contributed by atoms with E-state index in [1.165, 1.54) is 19.2 Å². The van der Waals surface area contributed by atoms with Crippen LogP contribution < -0.4 is 14.4 Å². The number of carbonyl (C=O) groups excluding carboxylic acids is 1. The second-order valence-electron chi connectivity index (χ2n) is 7.54. The summed E-state index contributed by atoms with van der Waals surface area (Å²) in [6, 6.07) is 19.8. The van der Waals surface area contributed by atoms with Crippen molar-refractivity contribution in [1.82, 2.24) is 14.9 Å². The Bertz CT molecular complexity index is 1390. The Morgan fingerprint density at radius 2 is 1.77 bits per heavy atom. The summed E-state index contributed by atoms with van der Waals surface area (Å²) >= 11 is 5.99. The molecule has 0 fully saturated rings. The molecule has 1 N–H and O–H groups in total. The first kappa shape index (κ1) is 24.3. The van der Waals surface area contributed by atoms with E-state index in [0.29, 0.717) is 16.5 Å². The van der Waals surface area contributed by atoms with Crippen molar-refractivity contribution in [2.45, 2.75) is 11.4 Å². The van der Waals surface area contributed by atoms with E-state index in [9.17, 15) is 13.2 Å². The molecule has 0 bridgehead atoms. The number of ether oxygens (including phenoxy) is 1. The van der Waals surface area contributed by atoms with E-state index in [1.54, 1.807) is 48.9 Å². The molecule has 0 unspecified atom stereocenters. The maximum atomic E-state index is 13.5. The normalized spacial score (nSPS) is 11.1. The first-order valence-corrected chi connectivity index (χ1v) is 12.5. The summed E-state index contributed by atoms with van der Waals surface area (Å²) in [6.45, 7) is -0.201. The van der Waals surface area contributed by atoms with Crippen LogP contribution in [0, 0.1) is 0 Å². The van der Waals surface area contributed by atoms with E-state index < -0.39 is 22.5 Å². The van der Waals surface area contributed by atoms with Gasteiger partial charge in [-0.3, -0.25) is 9.10 Å². The molecule has 0 aliphatic carbocycles. The molecular weight excluding hydrogens is 488 g/mol.